The Hall–Kier alpha value is -1.58. The van der Waals surface area contributed by atoms with Crippen LogP contribution in [0.2, 0.25) is 0 Å². The lowest BCUT2D eigenvalue weighted by molar-refractivity contribution is -2.00. The number of halogens is 1. The van der Waals surface area contributed by atoms with E-state index in [-0.39, 0.29) is 0 Å². The second-order valence-electron chi connectivity index (χ2n) is 4.48. The molecule has 24 heavy (non-hydrogen) atoms. The average Bonchev–Trinajstić information content (AvgIpc) is 3.04. The van der Waals surface area contributed by atoms with Crippen molar-refractivity contribution in [3.05, 3.63) is 60.7 Å². The molecule has 1 heterocycles. The van der Waals surface area contributed by atoms with Gasteiger partial charge < -0.3 is 4.74 Å². The van der Waals surface area contributed by atoms with E-state index in [1.807, 2.05) is 24.3 Å². The van der Waals surface area contributed by atoms with Crippen LogP contribution in [0.25, 0.3) is 20.9 Å². The summed E-state index contributed by atoms with van der Waals surface area (Å²) in [5.74, 6) is 0.927. The monoisotopic (exact) mass is 384 g/mol. The molecule has 0 radical (unpaired) electrons. The standard InChI is InChI=1S/C16H13OS2.ClHO4/c1-17-14-10-6-5-9-13(14)16-11-15(18-19-16)12-7-3-2-4-8-12;2-1(3,4)5/h2-11H,1H3;(H,2,3,4,5)/q+1;/p-1. The summed E-state index contributed by atoms with van der Waals surface area (Å²) < 4.78 is 39.4. The largest absolute Gasteiger partial charge is 0.496 e. The zero-order chi connectivity index (χ0) is 17.6. The molecular formula is C16H13ClO5S2. The first-order chi connectivity index (χ1) is 11.4. The van der Waals surface area contributed by atoms with E-state index in [1.54, 1.807) is 27.8 Å². The van der Waals surface area contributed by atoms with Crippen molar-refractivity contribution >= 4 is 20.7 Å². The zero-order valence-corrected chi connectivity index (χ0v) is 14.9. The predicted molar refractivity (Wildman–Crippen MR) is 84.0 cm³/mol. The van der Waals surface area contributed by atoms with Gasteiger partial charge in [-0.3, -0.25) is 0 Å². The smallest absolute Gasteiger partial charge is 0.301 e. The topological polar surface area (TPSA) is 101 Å². The zero-order valence-electron chi connectivity index (χ0n) is 12.5. The van der Waals surface area contributed by atoms with Crippen LogP contribution in [-0.2, 0) is 0 Å². The molecule has 0 unspecified atom stereocenters. The maximum Gasteiger partial charge on any atom is 0.301 e. The molecule has 3 aromatic rings. The van der Waals surface area contributed by atoms with Gasteiger partial charge in [-0.2, -0.15) is 0 Å². The minimum Gasteiger partial charge on any atom is -0.496 e. The molecule has 0 atom stereocenters. The molecule has 126 valence electrons. The highest BCUT2D eigenvalue weighted by Crippen LogP contribution is 2.40. The number of para-hydroxylation sites is 1. The van der Waals surface area contributed by atoms with Gasteiger partial charge in [-0.1, -0.05) is 30.3 Å². The molecule has 3 rings (SSSR count). The van der Waals surface area contributed by atoms with E-state index in [0.29, 0.717) is 0 Å². The van der Waals surface area contributed by atoms with Crippen LogP contribution < -0.4 is 23.4 Å². The molecule has 1 aromatic heterocycles. The second kappa shape index (κ2) is 8.50. The van der Waals surface area contributed by atoms with Crippen LogP contribution in [0.5, 0.6) is 5.75 Å². The Balaban J connectivity index is 0.000000368. The van der Waals surface area contributed by atoms with Gasteiger partial charge in [0.2, 0.25) is 0 Å². The quantitative estimate of drug-likeness (QED) is 0.488. The Morgan fingerprint density at radius 3 is 2.12 bits per heavy atom. The van der Waals surface area contributed by atoms with E-state index in [2.05, 4.69) is 36.4 Å². The van der Waals surface area contributed by atoms with Crippen molar-refractivity contribution in [3.63, 3.8) is 0 Å². The Labute approximate surface area is 148 Å². The molecular weight excluding hydrogens is 372 g/mol. The summed E-state index contributed by atoms with van der Waals surface area (Å²) in [4.78, 5) is 2.55. The van der Waals surface area contributed by atoms with E-state index in [9.17, 15) is 0 Å². The van der Waals surface area contributed by atoms with Gasteiger partial charge in [0.05, 0.1) is 7.11 Å². The lowest BCUT2D eigenvalue weighted by Gasteiger charge is -2.17. The summed E-state index contributed by atoms with van der Waals surface area (Å²) in [6, 6.07) is 20.9. The van der Waals surface area contributed by atoms with Gasteiger partial charge in [0.1, 0.15) is 10.6 Å². The molecule has 2 aromatic carbocycles. The van der Waals surface area contributed by atoms with Crippen molar-refractivity contribution in [2.45, 2.75) is 0 Å². The minimum absolute atomic E-state index is 0.927. The first kappa shape index (κ1) is 18.8. The molecule has 0 aliphatic rings. The highest BCUT2D eigenvalue weighted by Gasteiger charge is 2.18. The van der Waals surface area contributed by atoms with E-state index in [0.717, 1.165) is 11.3 Å². The van der Waals surface area contributed by atoms with E-state index < -0.39 is 10.2 Å². The number of hydrogen-bond donors (Lipinski definition) is 0. The van der Waals surface area contributed by atoms with Gasteiger partial charge >= 0.3 is 10.3 Å². The molecule has 0 spiro atoms. The summed E-state index contributed by atoms with van der Waals surface area (Å²) in [5, 5.41) is 0. The Bertz CT molecular complexity index is 765. The van der Waals surface area contributed by atoms with Crippen LogP contribution in [0.15, 0.2) is 60.7 Å². The van der Waals surface area contributed by atoms with Gasteiger partial charge in [-0.15, -0.1) is 10.2 Å². The number of benzene rings is 2. The average molecular weight is 385 g/mol. The van der Waals surface area contributed by atoms with Crippen molar-refractivity contribution in [2.24, 2.45) is 0 Å². The summed E-state index contributed by atoms with van der Waals surface area (Å²) in [7, 11) is 0.363. The fraction of sp³-hybridized carbons (Fsp3) is 0.0625. The van der Waals surface area contributed by atoms with Crippen molar-refractivity contribution in [3.8, 4) is 26.6 Å². The molecule has 0 saturated heterocycles. The highest BCUT2D eigenvalue weighted by molar-refractivity contribution is 7.72. The number of methoxy groups -OCH3 is 1. The normalized spacial score (nSPS) is 10.7. The maximum atomic E-state index is 8.49. The Morgan fingerprint density at radius 1 is 0.917 bits per heavy atom. The van der Waals surface area contributed by atoms with Crippen LogP contribution in [0, 0.1) is 10.2 Å². The van der Waals surface area contributed by atoms with Crippen molar-refractivity contribution in [1.29, 1.82) is 0 Å². The van der Waals surface area contributed by atoms with Gasteiger partial charge in [0.25, 0.3) is 4.88 Å². The van der Waals surface area contributed by atoms with E-state index in [4.69, 9.17) is 23.4 Å². The molecule has 0 N–H and O–H groups in total. The van der Waals surface area contributed by atoms with Crippen LogP contribution in [-0.4, -0.2) is 7.11 Å². The van der Waals surface area contributed by atoms with Gasteiger partial charge in [0.15, 0.2) is 10.3 Å². The summed E-state index contributed by atoms with van der Waals surface area (Å²) in [6.07, 6.45) is 0. The maximum absolute atomic E-state index is 8.49. The summed E-state index contributed by atoms with van der Waals surface area (Å²) in [5.41, 5.74) is 2.43. The number of ether oxygens (including phenoxy) is 1. The van der Waals surface area contributed by atoms with E-state index >= 15 is 0 Å². The summed E-state index contributed by atoms with van der Waals surface area (Å²) in [6.45, 7) is 0. The molecule has 8 heteroatoms. The Kier molecular flexibility index (Phi) is 6.64. The molecule has 0 fully saturated rings. The molecule has 0 amide bonds. The molecule has 0 aliphatic carbocycles. The van der Waals surface area contributed by atoms with Crippen LogP contribution in [0.1, 0.15) is 0 Å². The van der Waals surface area contributed by atoms with Gasteiger partial charge in [0, 0.05) is 17.2 Å². The van der Waals surface area contributed by atoms with Crippen LogP contribution in [0.4, 0.5) is 0 Å². The molecule has 5 nitrogen and oxygen atoms in total. The number of rotatable bonds is 3. The predicted octanol–water partition coefficient (Wildman–Crippen LogP) is 0.677. The second-order valence-corrected chi connectivity index (χ2v) is 7.45. The third-order valence-electron chi connectivity index (χ3n) is 2.91. The SMILES string of the molecule is COc1ccccc1-c1cc(-c2ccccc2)[s+]s1.[O-][Cl+3]([O-])([O-])[O-]. The Morgan fingerprint density at radius 2 is 1.50 bits per heavy atom. The highest BCUT2D eigenvalue weighted by atomic mass is 35.7. The minimum atomic E-state index is -4.94. The summed E-state index contributed by atoms with van der Waals surface area (Å²) >= 11 is 0. The first-order valence-corrected chi connectivity index (χ1v) is 10.0. The fourth-order valence-electron chi connectivity index (χ4n) is 1.96. The lowest BCUT2D eigenvalue weighted by Crippen LogP contribution is -2.68. The molecule has 0 saturated carbocycles. The third-order valence-corrected chi connectivity index (χ3v) is 5.38. The lowest BCUT2D eigenvalue weighted by atomic mass is 10.1. The van der Waals surface area contributed by atoms with Crippen molar-refractivity contribution in [2.75, 3.05) is 7.11 Å². The third kappa shape index (κ3) is 5.81. The number of hydrogen-bond acceptors (Lipinski definition) is 6. The van der Waals surface area contributed by atoms with Crippen LogP contribution in [0.3, 0.4) is 0 Å². The van der Waals surface area contributed by atoms with E-state index in [1.165, 1.54) is 15.3 Å². The fourth-order valence-corrected chi connectivity index (χ4v) is 4.42. The molecule has 0 aliphatic heterocycles. The molecule has 0 bridgehead atoms. The van der Waals surface area contributed by atoms with Crippen molar-refractivity contribution in [1.82, 2.24) is 0 Å². The van der Waals surface area contributed by atoms with Gasteiger partial charge in [-0.05, 0) is 24.3 Å². The van der Waals surface area contributed by atoms with Crippen LogP contribution >= 0.6 is 20.7 Å². The first-order valence-electron chi connectivity index (χ1n) is 6.62. The van der Waals surface area contributed by atoms with Gasteiger partial charge in [-0.25, -0.2) is 18.6 Å². The van der Waals surface area contributed by atoms with Crippen molar-refractivity contribution < 1.29 is 33.6 Å².